The first kappa shape index (κ1) is 19.1. The van der Waals surface area contributed by atoms with E-state index in [9.17, 15) is 9.18 Å². The molecule has 148 valence electrons. The minimum Gasteiger partial charge on any atom is -0.365 e. The lowest BCUT2D eigenvalue weighted by molar-refractivity contribution is -0.114. The second-order valence-corrected chi connectivity index (χ2v) is 7.80. The normalized spacial score (nSPS) is 16.5. The Morgan fingerprint density at radius 3 is 2.69 bits per heavy atom. The summed E-state index contributed by atoms with van der Waals surface area (Å²) in [6, 6.07) is 10.1. The van der Waals surface area contributed by atoms with E-state index < -0.39 is 5.91 Å². The molecule has 0 aliphatic carbocycles. The predicted molar refractivity (Wildman–Crippen MR) is 108 cm³/mol. The molecular weight excluding hydrogens is 391 g/mol. The third-order valence-corrected chi connectivity index (χ3v) is 6.09. The van der Waals surface area contributed by atoms with E-state index >= 15 is 0 Å². The number of rotatable bonds is 6. The summed E-state index contributed by atoms with van der Waals surface area (Å²) in [4.78, 5) is 18.7. The van der Waals surface area contributed by atoms with Crippen molar-refractivity contribution in [3.63, 3.8) is 0 Å². The Balaban J connectivity index is 1.58. The van der Waals surface area contributed by atoms with E-state index in [-0.39, 0.29) is 11.2 Å². The van der Waals surface area contributed by atoms with Crippen molar-refractivity contribution in [3.8, 4) is 0 Å². The number of hydrogen-bond donors (Lipinski definition) is 1. The number of carbonyl (C=O) groups excluding carboxylic acids is 1. The fraction of sp³-hybridized carbons (Fsp3) is 0.200. The Morgan fingerprint density at radius 2 is 2.00 bits per heavy atom. The van der Waals surface area contributed by atoms with Gasteiger partial charge in [-0.1, -0.05) is 35.2 Å². The van der Waals surface area contributed by atoms with Crippen LogP contribution in [0.5, 0.6) is 0 Å². The molecule has 0 radical (unpaired) electrons. The molecule has 0 saturated heterocycles. The maximum atomic E-state index is 13.1. The molecule has 2 aromatic heterocycles. The van der Waals surface area contributed by atoms with Crippen molar-refractivity contribution in [2.24, 2.45) is 5.73 Å². The van der Waals surface area contributed by atoms with Crippen LogP contribution < -0.4 is 5.73 Å². The van der Waals surface area contributed by atoms with Crippen molar-refractivity contribution in [2.75, 3.05) is 0 Å². The van der Waals surface area contributed by atoms with Gasteiger partial charge in [0.2, 0.25) is 0 Å². The van der Waals surface area contributed by atoms with Crippen LogP contribution in [-0.4, -0.2) is 30.8 Å². The van der Waals surface area contributed by atoms with Crippen LogP contribution in [0, 0.1) is 5.82 Å². The van der Waals surface area contributed by atoms with Gasteiger partial charge in [-0.05, 0) is 36.2 Å². The molecule has 1 aromatic carbocycles. The SMILES string of the molecule is CC1=C(C(N)=O)SC(c2cn(Cc3ccc(F)cc3)nn2)N1Cc1cccnc1. The lowest BCUT2D eigenvalue weighted by Crippen LogP contribution is -2.22. The molecule has 3 aromatic rings. The molecule has 7 nitrogen and oxygen atoms in total. The van der Waals surface area contributed by atoms with Crippen molar-refractivity contribution < 1.29 is 9.18 Å². The van der Waals surface area contributed by atoms with Crippen LogP contribution >= 0.6 is 11.8 Å². The zero-order valence-corrected chi connectivity index (χ0v) is 16.5. The van der Waals surface area contributed by atoms with Gasteiger partial charge in [-0.3, -0.25) is 9.78 Å². The predicted octanol–water partition coefficient (Wildman–Crippen LogP) is 2.82. The van der Waals surface area contributed by atoms with Crippen molar-refractivity contribution in [1.29, 1.82) is 0 Å². The van der Waals surface area contributed by atoms with E-state index in [2.05, 4.69) is 20.2 Å². The quantitative estimate of drug-likeness (QED) is 0.672. The summed E-state index contributed by atoms with van der Waals surface area (Å²) in [5.74, 6) is -0.730. The number of aromatic nitrogens is 4. The van der Waals surface area contributed by atoms with E-state index in [1.165, 1.54) is 23.9 Å². The second kappa shape index (κ2) is 8.04. The first-order chi connectivity index (χ1) is 14.0. The van der Waals surface area contributed by atoms with Crippen molar-refractivity contribution in [3.05, 3.63) is 88.2 Å². The number of halogens is 1. The summed E-state index contributed by atoms with van der Waals surface area (Å²) in [5.41, 5.74) is 9.04. The number of primary amides is 1. The van der Waals surface area contributed by atoms with E-state index in [4.69, 9.17) is 5.73 Å². The van der Waals surface area contributed by atoms with Gasteiger partial charge in [0.05, 0.1) is 17.6 Å². The number of nitrogens with two attached hydrogens (primary N) is 1. The first-order valence-electron chi connectivity index (χ1n) is 8.98. The fourth-order valence-electron chi connectivity index (χ4n) is 3.19. The lowest BCUT2D eigenvalue weighted by Gasteiger charge is -2.26. The number of hydrogen-bond acceptors (Lipinski definition) is 6. The molecule has 1 amide bonds. The number of amides is 1. The molecular formula is C20H19FN6OS. The van der Waals surface area contributed by atoms with Crippen LogP contribution in [0.4, 0.5) is 4.39 Å². The topological polar surface area (TPSA) is 89.9 Å². The van der Waals surface area contributed by atoms with Gasteiger partial charge in [0, 0.05) is 24.6 Å². The van der Waals surface area contributed by atoms with Gasteiger partial charge in [-0.25, -0.2) is 9.07 Å². The fourth-order valence-corrected chi connectivity index (χ4v) is 4.41. The Bertz CT molecular complexity index is 1050. The highest BCUT2D eigenvalue weighted by molar-refractivity contribution is 8.04. The maximum Gasteiger partial charge on any atom is 0.256 e. The van der Waals surface area contributed by atoms with Gasteiger partial charge >= 0.3 is 0 Å². The van der Waals surface area contributed by atoms with Crippen LogP contribution in [0.1, 0.15) is 29.1 Å². The Kier molecular flexibility index (Phi) is 5.30. The van der Waals surface area contributed by atoms with Crippen LogP contribution in [0.3, 0.4) is 0 Å². The number of carbonyl (C=O) groups is 1. The first-order valence-corrected chi connectivity index (χ1v) is 9.86. The van der Waals surface area contributed by atoms with Crippen LogP contribution in [-0.2, 0) is 17.9 Å². The van der Waals surface area contributed by atoms with Gasteiger partial charge in [0.25, 0.3) is 5.91 Å². The minimum atomic E-state index is -0.454. The smallest absolute Gasteiger partial charge is 0.256 e. The maximum absolute atomic E-state index is 13.1. The molecule has 29 heavy (non-hydrogen) atoms. The van der Waals surface area contributed by atoms with E-state index in [1.54, 1.807) is 29.2 Å². The van der Waals surface area contributed by atoms with Crippen LogP contribution in [0.15, 0.2) is 65.6 Å². The molecule has 2 N–H and O–H groups in total. The van der Waals surface area contributed by atoms with E-state index in [0.29, 0.717) is 18.0 Å². The molecule has 3 heterocycles. The molecule has 0 saturated carbocycles. The summed E-state index contributed by atoms with van der Waals surface area (Å²) in [6.07, 6.45) is 5.36. The zero-order valence-electron chi connectivity index (χ0n) is 15.7. The van der Waals surface area contributed by atoms with Crippen molar-refractivity contribution in [1.82, 2.24) is 24.9 Å². The highest BCUT2D eigenvalue weighted by Gasteiger charge is 2.35. The molecule has 4 rings (SSSR count). The summed E-state index contributed by atoms with van der Waals surface area (Å²) in [6.45, 7) is 2.92. The van der Waals surface area contributed by atoms with Gasteiger partial charge in [-0.2, -0.15) is 0 Å². The Morgan fingerprint density at radius 1 is 1.21 bits per heavy atom. The molecule has 0 bridgehead atoms. The Hall–Kier alpha value is -3.20. The highest BCUT2D eigenvalue weighted by Crippen LogP contribution is 2.47. The molecule has 9 heteroatoms. The highest BCUT2D eigenvalue weighted by atomic mass is 32.2. The average molecular weight is 410 g/mol. The molecule has 1 aliphatic heterocycles. The summed E-state index contributed by atoms with van der Waals surface area (Å²) >= 11 is 1.37. The summed E-state index contributed by atoms with van der Waals surface area (Å²) in [7, 11) is 0. The number of benzene rings is 1. The number of pyridine rings is 1. The van der Waals surface area contributed by atoms with Crippen molar-refractivity contribution >= 4 is 17.7 Å². The standard InChI is InChI=1S/C20H19FN6OS/c1-13-18(19(22)28)29-20(27(13)11-15-3-2-8-23-9-15)17-12-26(25-24-17)10-14-4-6-16(21)7-5-14/h2-9,12,20H,10-11H2,1H3,(H2,22,28). The number of nitrogens with zero attached hydrogens (tertiary/aromatic N) is 5. The summed E-state index contributed by atoms with van der Waals surface area (Å²) < 4.78 is 14.8. The lowest BCUT2D eigenvalue weighted by atomic mass is 10.2. The monoisotopic (exact) mass is 410 g/mol. The molecule has 1 unspecified atom stereocenters. The van der Waals surface area contributed by atoms with E-state index in [1.807, 2.05) is 25.3 Å². The molecule has 0 fully saturated rings. The number of allylic oxidation sites excluding steroid dienone is 1. The van der Waals surface area contributed by atoms with Gasteiger partial charge in [0.1, 0.15) is 16.9 Å². The molecule has 1 atom stereocenters. The summed E-state index contributed by atoms with van der Waals surface area (Å²) in [5, 5.41) is 8.29. The van der Waals surface area contributed by atoms with Gasteiger partial charge in [0.15, 0.2) is 0 Å². The second-order valence-electron chi connectivity index (χ2n) is 6.71. The van der Waals surface area contributed by atoms with Crippen LogP contribution in [0.25, 0.3) is 0 Å². The van der Waals surface area contributed by atoms with Crippen molar-refractivity contribution in [2.45, 2.75) is 25.4 Å². The number of thioether (sulfide) groups is 1. The minimum absolute atomic E-state index is 0.223. The zero-order chi connectivity index (χ0) is 20.4. The largest absolute Gasteiger partial charge is 0.365 e. The van der Waals surface area contributed by atoms with Gasteiger partial charge < -0.3 is 10.6 Å². The Labute approximate surface area is 171 Å². The molecule has 0 spiro atoms. The van der Waals surface area contributed by atoms with Crippen LogP contribution in [0.2, 0.25) is 0 Å². The van der Waals surface area contributed by atoms with Gasteiger partial charge in [-0.15, -0.1) is 5.10 Å². The molecule has 1 aliphatic rings. The third kappa shape index (κ3) is 4.14. The average Bonchev–Trinajstić information content (AvgIpc) is 3.29. The third-order valence-electron chi connectivity index (χ3n) is 4.64. The van der Waals surface area contributed by atoms with E-state index in [0.717, 1.165) is 22.5 Å².